The molecule has 2 N–H and O–H groups in total. The molecule has 2 aliphatic heterocycles. The van der Waals surface area contributed by atoms with Gasteiger partial charge in [-0.2, -0.15) is 0 Å². The summed E-state index contributed by atoms with van der Waals surface area (Å²) in [5, 5.41) is 24.1. The fourth-order valence-corrected chi connectivity index (χ4v) is 6.17. The second-order valence-corrected chi connectivity index (χ2v) is 9.38. The molecule has 0 saturated carbocycles. The van der Waals surface area contributed by atoms with Crippen molar-refractivity contribution in [3.63, 3.8) is 0 Å². The number of carboxylic acid groups (broad SMARTS) is 1. The third-order valence-corrected chi connectivity index (χ3v) is 8.07. The van der Waals surface area contributed by atoms with E-state index in [0.717, 1.165) is 5.56 Å². The third kappa shape index (κ3) is 3.88. The number of nitrogens with zero attached hydrogens (tertiary/aromatic N) is 5. The second kappa shape index (κ2) is 8.26. The molecule has 2 saturated heterocycles. The molecule has 2 aliphatic rings. The van der Waals surface area contributed by atoms with Crippen molar-refractivity contribution < 1.29 is 19.5 Å². The first-order valence-corrected chi connectivity index (χ1v) is 11.3. The summed E-state index contributed by atoms with van der Waals surface area (Å²) in [5.41, 5.74) is -0.234. The lowest BCUT2D eigenvalue weighted by molar-refractivity contribution is -0.157. The van der Waals surface area contributed by atoms with Gasteiger partial charge in [-0.3, -0.25) is 14.4 Å². The van der Waals surface area contributed by atoms with Crippen LogP contribution < -0.4 is 5.32 Å². The van der Waals surface area contributed by atoms with Gasteiger partial charge in [0.2, 0.25) is 17.0 Å². The normalized spacial score (nSPS) is 25.4. The molecule has 1 aromatic heterocycles. The lowest BCUT2D eigenvalue weighted by atomic mass is 9.89. The van der Waals surface area contributed by atoms with Crippen LogP contribution in [-0.4, -0.2) is 77.5 Å². The van der Waals surface area contributed by atoms with E-state index in [0.29, 0.717) is 10.9 Å². The number of benzene rings is 1. The third-order valence-electron chi connectivity index (χ3n) is 5.18. The monoisotopic (exact) mass is 448 g/mol. The van der Waals surface area contributed by atoms with Crippen LogP contribution in [0.15, 0.2) is 35.5 Å². The number of fused-ring (bicyclic) bond motifs is 1. The summed E-state index contributed by atoms with van der Waals surface area (Å²) in [6.07, 6.45) is 0.198. The summed E-state index contributed by atoms with van der Waals surface area (Å²) in [4.78, 5) is 38.6. The van der Waals surface area contributed by atoms with Crippen molar-refractivity contribution in [3.05, 3.63) is 35.9 Å². The first-order chi connectivity index (χ1) is 14.4. The van der Waals surface area contributed by atoms with E-state index in [4.69, 9.17) is 0 Å². The quantitative estimate of drug-likeness (QED) is 0.444. The molecule has 2 unspecified atom stereocenters. The van der Waals surface area contributed by atoms with E-state index in [9.17, 15) is 19.5 Å². The molecule has 0 bridgehead atoms. The van der Waals surface area contributed by atoms with Crippen molar-refractivity contribution in [2.75, 3.05) is 18.1 Å². The number of hydrogen-bond acceptors (Lipinski definition) is 8. The zero-order valence-electron chi connectivity index (χ0n) is 16.1. The largest absolute Gasteiger partial charge is 0.481 e. The molecule has 3 heterocycles. The summed E-state index contributed by atoms with van der Waals surface area (Å²) >= 11 is 2.64. The number of rotatable bonds is 7. The fraction of sp³-hybridized carbons (Fsp3) is 0.444. The number of aliphatic carboxylic acids is 1. The number of amides is 2. The van der Waals surface area contributed by atoms with Crippen molar-refractivity contribution in [2.45, 2.75) is 23.0 Å². The van der Waals surface area contributed by atoms with Gasteiger partial charge >= 0.3 is 5.97 Å². The Labute approximate surface area is 180 Å². The summed E-state index contributed by atoms with van der Waals surface area (Å²) in [6, 6.07) is 8.69. The predicted molar refractivity (Wildman–Crippen MR) is 110 cm³/mol. The summed E-state index contributed by atoms with van der Waals surface area (Å²) in [6.45, 7) is 0.0994. The first kappa shape index (κ1) is 20.7. The van der Waals surface area contributed by atoms with E-state index in [1.807, 2.05) is 30.3 Å². The van der Waals surface area contributed by atoms with Gasteiger partial charge in [0, 0.05) is 25.1 Å². The minimum absolute atomic E-state index is 0.0994. The molecule has 10 nitrogen and oxygen atoms in total. The average molecular weight is 449 g/mol. The number of aryl methyl sites for hydroxylation is 1. The number of nitrogens with one attached hydrogen (secondary N) is 1. The smallest absolute Gasteiger partial charge is 0.313 e. The molecule has 4 rings (SSSR count). The SMILES string of the molecule is Cn1nnnc1SCC1(C(=O)O)CS[C@@H]2C(NC(=O)Cc3ccccc3)C(=O)N2C1. The lowest BCUT2D eigenvalue weighted by Gasteiger charge is -2.53. The van der Waals surface area contributed by atoms with E-state index in [-0.39, 0.29) is 35.9 Å². The van der Waals surface area contributed by atoms with Crippen molar-refractivity contribution in [3.8, 4) is 0 Å². The maximum atomic E-state index is 12.6. The van der Waals surface area contributed by atoms with Crippen LogP contribution in [0.4, 0.5) is 0 Å². The molecule has 1 aromatic carbocycles. The van der Waals surface area contributed by atoms with Crippen LogP contribution in [0.2, 0.25) is 0 Å². The maximum absolute atomic E-state index is 12.6. The van der Waals surface area contributed by atoms with Crippen LogP contribution in [0.3, 0.4) is 0 Å². The minimum Gasteiger partial charge on any atom is -0.481 e. The Kier molecular flexibility index (Phi) is 5.69. The molecule has 2 amide bonds. The van der Waals surface area contributed by atoms with Crippen molar-refractivity contribution in [1.29, 1.82) is 0 Å². The number of carboxylic acids is 1. The Morgan fingerprint density at radius 2 is 2.13 bits per heavy atom. The molecule has 0 radical (unpaired) electrons. The van der Waals surface area contributed by atoms with Crippen LogP contribution in [0, 0.1) is 5.41 Å². The Balaban J connectivity index is 1.37. The molecule has 12 heteroatoms. The number of β-lactam (4-membered cyclic amide) rings is 1. The van der Waals surface area contributed by atoms with Gasteiger partial charge in [-0.15, -0.1) is 16.9 Å². The van der Waals surface area contributed by atoms with Crippen LogP contribution in [0.5, 0.6) is 0 Å². The number of tetrazole rings is 1. The summed E-state index contributed by atoms with van der Waals surface area (Å²) in [7, 11) is 1.68. The Bertz CT molecular complexity index is 971. The van der Waals surface area contributed by atoms with Crippen LogP contribution >= 0.6 is 23.5 Å². The van der Waals surface area contributed by atoms with Gasteiger partial charge in [0.25, 0.3) is 0 Å². The lowest BCUT2D eigenvalue weighted by Crippen LogP contribution is -2.74. The number of aromatic nitrogens is 4. The number of hydrogen-bond donors (Lipinski definition) is 2. The van der Waals surface area contributed by atoms with Crippen LogP contribution in [0.1, 0.15) is 5.56 Å². The van der Waals surface area contributed by atoms with Gasteiger partial charge in [-0.05, 0) is 16.0 Å². The summed E-state index contributed by atoms with van der Waals surface area (Å²) in [5.74, 6) is -0.851. The van der Waals surface area contributed by atoms with Crippen molar-refractivity contribution in [1.82, 2.24) is 30.4 Å². The van der Waals surface area contributed by atoms with Gasteiger partial charge in [0.05, 0.1) is 6.42 Å². The van der Waals surface area contributed by atoms with E-state index in [1.165, 1.54) is 28.2 Å². The molecule has 0 spiro atoms. The van der Waals surface area contributed by atoms with Gasteiger partial charge < -0.3 is 15.3 Å². The fourth-order valence-electron chi connectivity index (χ4n) is 3.46. The molecular weight excluding hydrogens is 428 g/mol. The highest BCUT2D eigenvalue weighted by Crippen LogP contribution is 2.44. The second-order valence-electron chi connectivity index (χ2n) is 7.33. The van der Waals surface area contributed by atoms with Crippen LogP contribution in [0.25, 0.3) is 0 Å². The van der Waals surface area contributed by atoms with Gasteiger partial charge in [-0.1, -0.05) is 42.1 Å². The zero-order chi connectivity index (χ0) is 21.3. The Morgan fingerprint density at radius 3 is 2.80 bits per heavy atom. The topological polar surface area (TPSA) is 130 Å². The minimum atomic E-state index is -1.10. The molecular formula is C18H20N6O4S2. The zero-order valence-corrected chi connectivity index (χ0v) is 17.7. The van der Waals surface area contributed by atoms with Crippen molar-refractivity contribution >= 4 is 41.3 Å². The maximum Gasteiger partial charge on any atom is 0.313 e. The first-order valence-electron chi connectivity index (χ1n) is 9.23. The molecule has 30 heavy (non-hydrogen) atoms. The van der Waals surface area contributed by atoms with E-state index < -0.39 is 17.4 Å². The number of carbonyl (C=O) groups excluding carboxylic acids is 2. The molecule has 2 fully saturated rings. The van der Waals surface area contributed by atoms with Gasteiger partial charge in [-0.25, -0.2) is 4.68 Å². The van der Waals surface area contributed by atoms with Gasteiger partial charge in [0.1, 0.15) is 16.8 Å². The van der Waals surface area contributed by atoms with E-state index in [2.05, 4.69) is 20.8 Å². The number of carbonyl (C=O) groups is 3. The van der Waals surface area contributed by atoms with E-state index >= 15 is 0 Å². The van der Waals surface area contributed by atoms with Crippen LogP contribution in [-0.2, 0) is 27.9 Å². The Morgan fingerprint density at radius 1 is 1.37 bits per heavy atom. The highest BCUT2D eigenvalue weighted by molar-refractivity contribution is 8.00. The average Bonchev–Trinajstić information content (AvgIpc) is 3.15. The number of thioether (sulfide) groups is 2. The Hall–Kier alpha value is -2.60. The van der Waals surface area contributed by atoms with Crippen molar-refractivity contribution in [2.24, 2.45) is 12.5 Å². The van der Waals surface area contributed by atoms with Gasteiger partial charge in [0.15, 0.2) is 0 Å². The summed E-state index contributed by atoms with van der Waals surface area (Å²) < 4.78 is 1.48. The molecule has 2 aromatic rings. The molecule has 158 valence electrons. The highest BCUT2D eigenvalue weighted by Gasteiger charge is 2.57. The molecule has 3 atom stereocenters. The standard InChI is InChI=1S/C18H20N6O4S2/c1-23-17(20-21-22-23)30-10-18(16(27)28)8-24-14(26)13(15(24)29-9-18)19-12(25)7-11-5-3-2-4-6-11/h2-6,13,15H,7-10H2,1H3,(H,19,25)(H,27,28)/t13?,15-,18?/m1/s1. The molecule has 0 aliphatic carbocycles. The predicted octanol–water partition coefficient (Wildman–Crippen LogP) is 0.0158. The highest BCUT2D eigenvalue weighted by atomic mass is 32.2. The van der Waals surface area contributed by atoms with E-state index in [1.54, 1.807) is 11.9 Å².